The van der Waals surface area contributed by atoms with Crippen LogP contribution in [-0.4, -0.2) is 33.0 Å². The summed E-state index contributed by atoms with van der Waals surface area (Å²) in [5, 5.41) is 0. The van der Waals surface area contributed by atoms with Crippen molar-refractivity contribution in [2.24, 2.45) is 9.39 Å². The lowest BCUT2D eigenvalue weighted by atomic mass is 10.1. The molecule has 0 fully saturated rings. The average Bonchev–Trinajstić information content (AvgIpc) is 2.62. The largest absolute Gasteiger partial charge is 0.464 e. The zero-order valence-corrected chi connectivity index (χ0v) is 15.4. The van der Waals surface area contributed by atoms with E-state index in [0.717, 1.165) is 11.1 Å². The molecule has 136 valence electrons. The number of nitrogens with zero attached hydrogens (tertiary/aromatic N) is 2. The van der Waals surface area contributed by atoms with Gasteiger partial charge in [0, 0.05) is 6.42 Å². The van der Waals surface area contributed by atoms with Crippen LogP contribution in [0, 0.1) is 6.92 Å². The second-order valence-electron chi connectivity index (χ2n) is 5.57. The molecular formula is C19H20N2O4S. The first-order valence-electron chi connectivity index (χ1n) is 8.11. The maximum absolute atomic E-state index is 12.2. The highest BCUT2D eigenvalue weighted by molar-refractivity contribution is 7.90. The minimum Gasteiger partial charge on any atom is -0.464 e. The summed E-state index contributed by atoms with van der Waals surface area (Å²) in [5.74, 6) is -0.549. The number of hydrogen-bond acceptors (Lipinski definition) is 5. The second kappa shape index (κ2) is 9.08. The van der Waals surface area contributed by atoms with Gasteiger partial charge < -0.3 is 4.74 Å². The highest BCUT2D eigenvalue weighted by Crippen LogP contribution is 2.13. The molecule has 6 nitrogen and oxygen atoms in total. The molecule has 0 aliphatic heterocycles. The van der Waals surface area contributed by atoms with Crippen molar-refractivity contribution in [1.29, 1.82) is 0 Å². The van der Waals surface area contributed by atoms with E-state index >= 15 is 0 Å². The summed E-state index contributed by atoms with van der Waals surface area (Å²) in [6, 6.07) is 16.8. The average molecular weight is 372 g/mol. The molecule has 0 N–H and O–H groups in total. The molecule has 26 heavy (non-hydrogen) atoms. The summed E-state index contributed by atoms with van der Waals surface area (Å²) in [5.41, 5.74) is 1.81. The van der Waals surface area contributed by atoms with Gasteiger partial charge in [0.1, 0.15) is 6.01 Å². The first-order valence-corrected chi connectivity index (χ1v) is 9.55. The number of carbonyl (C=O) groups excluding carboxylic acids is 1. The summed E-state index contributed by atoms with van der Waals surface area (Å²) >= 11 is 0. The number of benzene rings is 2. The Bertz CT molecular complexity index is 900. The Kier molecular flexibility index (Phi) is 6.83. The Hall–Kier alpha value is -2.76. The Morgan fingerprint density at radius 3 is 2.38 bits per heavy atom. The SMILES string of the molecule is CCOC(=O)C(Cc1ccccc1)N=C=NS(=O)(=O)c1ccc(C)cc1. The molecule has 0 aliphatic rings. The molecule has 2 aromatic rings. The van der Waals surface area contributed by atoms with Crippen LogP contribution in [0.4, 0.5) is 0 Å². The van der Waals surface area contributed by atoms with Gasteiger partial charge in [-0.25, -0.2) is 9.79 Å². The van der Waals surface area contributed by atoms with Crippen molar-refractivity contribution in [3.63, 3.8) is 0 Å². The lowest BCUT2D eigenvalue weighted by Gasteiger charge is -2.09. The molecule has 0 saturated carbocycles. The van der Waals surface area contributed by atoms with Crippen molar-refractivity contribution in [2.75, 3.05) is 6.61 Å². The zero-order chi connectivity index (χ0) is 19.0. The molecule has 0 radical (unpaired) electrons. The quantitative estimate of drug-likeness (QED) is 0.552. The van der Waals surface area contributed by atoms with Crippen LogP contribution in [-0.2, 0) is 26.0 Å². The van der Waals surface area contributed by atoms with Gasteiger partial charge in [-0.3, -0.25) is 0 Å². The van der Waals surface area contributed by atoms with Gasteiger partial charge in [0.25, 0.3) is 10.0 Å². The van der Waals surface area contributed by atoms with Gasteiger partial charge >= 0.3 is 5.97 Å². The summed E-state index contributed by atoms with van der Waals surface area (Å²) in [7, 11) is -3.92. The highest BCUT2D eigenvalue weighted by atomic mass is 32.2. The molecule has 0 bridgehead atoms. The lowest BCUT2D eigenvalue weighted by molar-refractivity contribution is -0.144. The maximum Gasteiger partial charge on any atom is 0.332 e. The van der Waals surface area contributed by atoms with E-state index in [0.29, 0.717) is 0 Å². The van der Waals surface area contributed by atoms with Gasteiger partial charge in [-0.2, -0.15) is 8.42 Å². The Balaban J connectivity index is 2.23. The number of rotatable bonds is 7. The summed E-state index contributed by atoms with van der Waals surface area (Å²) in [4.78, 5) is 16.0. The Morgan fingerprint density at radius 2 is 1.77 bits per heavy atom. The molecule has 0 amide bonds. The van der Waals surface area contributed by atoms with Crippen molar-refractivity contribution >= 4 is 22.0 Å². The van der Waals surface area contributed by atoms with Crippen molar-refractivity contribution < 1.29 is 17.9 Å². The molecule has 0 aromatic heterocycles. The fourth-order valence-electron chi connectivity index (χ4n) is 2.17. The number of carbonyl (C=O) groups is 1. The first kappa shape index (κ1) is 19.6. The smallest absolute Gasteiger partial charge is 0.332 e. The summed E-state index contributed by atoms with van der Waals surface area (Å²) in [6.07, 6.45) is 0.271. The van der Waals surface area contributed by atoms with Gasteiger partial charge in [0.15, 0.2) is 6.04 Å². The number of esters is 1. The van der Waals surface area contributed by atoms with E-state index in [1.807, 2.05) is 37.3 Å². The van der Waals surface area contributed by atoms with Crippen LogP contribution in [0.25, 0.3) is 0 Å². The molecule has 0 saturated heterocycles. The molecule has 0 spiro atoms. The van der Waals surface area contributed by atoms with Crippen LogP contribution >= 0.6 is 0 Å². The van der Waals surface area contributed by atoms with E-state index < -0.39 is 22.0 Å². The molecule has 2 aromatic carbocycles. The van der Waals surface area contributed by atoms with Gasteiger partial charge in [0.2, 0.25) is 0 Å². The number of aliphatic imine (C=N–C) groups is 1. The molecule has 2 rings (SSSR count). The molecule has 0 heterocycles. The van der Waals surface area contributed by atoms with E-state index in [1.54, 1.807) is 19.1 Å². The number of hydrogen-bond donors (Lipinski definition) is 0. The minimum absolute atomic E-state index is 0.0431. The highest BCUT2D eigenvalue weighted by Gasteiger charge is 2.19. The van der Waals surface area contributed by atoms with Gasteiger partial charge in [-0.1, -0.05) is 52.4 Å². The molecule has 0 aliphatic carbocycles. The molecule has 1 atom stereocenters. The first-order chi connectivity index (χ1) is 12.4. The van der Waals surface area contributed by atoms with Crippen LogP contribution < -0.4 is 0 Å². The van der Waals surface area contributed by atoms with Crippen LogP contribution in [0.5, 0.6) is 0 Å². The number of sulfonamides is 1. The van der Waals surface area contributed by atoms with Crippen molar-refractivity contribution in [1.82, 2.24) is 0 Å². The van der Waals surface area contributed by atoms with E-state index in [-0.39, 0.29) is 17.9 Å². The second-order valence-corrected chi connectivity index (χ2v) is 7.17. The number of ether oxygens (including phenoxy) is 1. The van der Waals surface area contributed by atoms with Crippen molar-refractivity contribution in [3.8, 4) is 0 Å². The number of aryl methyl sites for hydroxylation is 1. The minimum atomic E-state index is -3.92. The predicted octanol–water partition coefficient (Wildman–Crippen LogP) is 3.03. The molecule has 7 heteroatoms. The standard InChI is InChI=1S/C19H20N2O4S/c1-3-25-19(22)18(13-16-7-5-4-6-8-16)20-14-21-26(23,24)17-11-9-15(2)10-12-17/h4-12,18H,3,13H2,1-2H3. The van der Waals surface area contributed by atoms with Gasteiger partial charge in [-0.15, -0.1) is 0 Å². The van der Waals surface area contributed by atoms with Gasteiger partial charge in [-0.05, 0) is 31.5 Å². The molecule has 1 unspecified atom stereocenters. The fraction of sp³-hybridized carbons (Fsp3) is 0.263. The van der Waals surface area contributed by atoms with Crippen LogP contribution in [0.15, 0.2) is 68.9 Å². The summed E-state index contributed by atoms with van der Waals surface area (Å²) in [6.45, 7) is 3.75. The van der Waals surface area contributed by atoms with Crippen LogP contribution in [0.2, 0.25) is 0 Å². The van der Waals surface area contributed by atoms with E-state index in [1.165, 1.54) is 12.1 Å². The van der Waals surface area contributed by atoms with Gasteiger partial charge in [0.05, 0.1) is 11.5 Å². The lowest BCUT2D eigenvalue weighted by Crippen LogP contribution is -2.23. The molecular weight excluding hydrogens is 352 g/mol. The zero-order valence-electron chi connectivity index (χ0n) is 14.6. The third-order valence-corrected chi connectivity index (χ3v) is 4.71. The summed E-state index contributed by atoms with van der Waals surface area (Å²) < 4.78 is 32.8. The normalized spacial score (nSPS) is 11.9. The van der Waals surface area contributed by atoms with Crippen LogP contribution in [0.3, 0.4) is 0 Å². The third kappa shape index (κ3) is 5.65. The van der Waals surface area contributed by atoms with E-state index in [9.17, 15) is 13.2 Å². The topological polar surface area (TPSA) is 85.2 Å². The van der Waals surface area contributed by atoms with Crippen molar-refractivity contribution in [3.05, 3.63) is 65.7 Å². The fourth-order valence-corrected chi connectivity index (χ4v) is 2.91. The maximum atomic E-state index is 12.2. The van der Waals surface area contributed by atoms with E-state index in [4.69, 9.17) is 4.74 Å². The predicted molar refractivity (Wildman–Crippen MR) is 98.8 cm³/mol. The Morgan fingerprint density at radius 1 is 1.12 bits per heavy atom. The monoisotopic (exact) mass is 372 g/mol. The Labute approximate surface area is 153 Å². The third-order valence-electron chi connectivity index (χ3n) is 3.52. The van der Waals surface area contributed by atoms with Crippen molar-refractivity contribution in [2.45, 2.75) is 31.2 Å². The van der Waals surface area contributed by atoms with Crippen LogP contribution in [0.1, 0.15) is 18.1 Å². The van der Waals surface area contributed by atoms with E-state index in [2.05, 4.69) is 15.4 Å².